The zero-order valence-electron chi connectivity index (χ0n) is 16.5. The minimum absolute atomic E-state index is 0.494. The summed E-state index contributed by atoms with van der Waals surface area (Å²) in [5.74, 6) is 1.28. The Morgan fingerprint density at radius 1 is 0.966 bits per heavy atom. The van der Waals surface area contributed by atoms with Crippen LogP contribution < -0.4 is 10.6 Å². The normalized spacial score (nSPS) is 15.2. The van der Waals surface area contributed by atoms with E-state index in [0.29, 0.717) is 15.9 Å². The molecule has 0 unspecified atom stereocenters. The van der Waals surface area contributed by atoms with Gasteiger partial charge in [-0.2, -0.15) is 0 Å². The molecule has 0 saturated carbocycles. The highest BCUT2D eigenvalue weighted by atomic mass is 35.5. The number of para-hydroxylation sites is 1. The third-order valence-electron chi connectivity index (χ3n) is 5.42. The van der Waals surface area contributed by atoms with Crippen LogP contribution in [0.15, 0.2) is 36.4 Å². The maximum atomic E-state index is 6.33. The summed E-state index contributed by atoms with van der Waals surface area (Å²) in [6, 6.07) is 11.8. The lowest BCUT2D eigenvalue weighted by atomic mass is 10.1. The van der Waals surface area contributed by atoms with Gasteiger partial charge in [-0.3, -0.25) is 4.90 Å². The molecule has 2 N–H and O–H groups in total. The van der Waals surface area contributed by atoms with Gasteiger partial charge < -0.3 is 10.6 Å². The second kappa shape index (κ2) is 8.74. The van der Waals surface area contributed by atoms with Crippen LogP contribution in [0.2, 0.25) is 10.0 Å². The average molecular weight is 430 g/mol. The maximum Gasteiger partial charge on any atom is 0.172 e. The number of nitrogens with zero attached hydrogens (tertiary/aromatic N) is 4. The van der Waals surface area contributed by atoms with Gasteiger partial charge in [-0.1, -0.05) is 54.7 Å². The molecule has 1 aromatic heterocycles. The van der Waals surface area contributed by atoms with Crippen molar-refractivity contribution in [1.82, 2.24) is 14.9 Å². The van der Waals surface area contributed by atoms with E-state index in [0.717, 1.165) is 68.0 Å². The summed E-state index contributed by atoms with van der Waals surface area (Å²) in [7, 11) is 0. The summed E-state index contributed by atoms with van der Waals surface area (Å²) in [6.07, 6.45) is 2.06. The molecule has 2 heterocycles. The molecule has 5 nitrogen and oxygen atoms in total. The lowest BCUT2D eigenvalue weighted by molar-refractivity contribution is 0.249. The largest absolute Gasteiger partial charge is 0.381 e. The lowest BCUT2D eigenvalue weighted by Gasteiger charge is -2.36. The Labute approximate surface area is 181 Å². The number of piperazine rings is 1. The molecular formula is C22H25Cl2N5. The molecule has 1 saturated heterocycles. The van der Waals surface area contributed by atoms with Gasteiger partial charge in [-0.25, -0.2) is 9.97 Å². The van der Waals surface area contributed by atoms with E-state index < -0.39 is 0 Å². The highest BCUT2D eigenvalue weighted by molar-refractivity contribution is 6.35. The van der Waals surface area contributed by atoms with Gasteiger partial charge in [0.2, 0.25) is 0 Å². The first kappa shape index (κ1) is 20.2. The third kappa shape index (κ3) is 4.27. The van der Waals surface area contributed by atoms with E-state index in [1.165, 1.54) is 5.56 Å². The topological polar surface area (TPSA) is 58.3 Å². The number of fused-ring (bicyclic) bond motifs is 1. The number of nitrogen functional groups attached to an aromatic ring is 1. The number of anilines is 2. The van der Waals surface area contributed by atoms with E-state index in [1.54, 1.807) is 0 Å². The summed E-state index contributed by atoms with van der Waals surface area (Å²) < 4.78 is 0. The molecule has 2 aromatic carbocycles. The van der Waals surface area contributed by atoms with Crippen LogP contribution in [0.4, 0.5) is 11.6 Å². The molecule has 3 aromatic rings. The van der Waals surface area contributed by atoms with E-state index in [2.05, 4.69) is 27.8 Å². The van der Waals surface area contributed by atoms with Crippen LogP contribution in [-0.2, 0) is 13.0 Å². The molecule has 4 rings (SSSR count). The van der Waals surface area contributed by atoms with Crippen LogP contribution in [0.5, 0.6) is 0 Å². The van der Waals surface area contributed by atoms with E-state index >= 15 is 0 Å². The molecule has 0 radical (unpaired) electrons. The fourth-order valence-electron chi connectivity index (χ4n) is 3.87. The van der Waals surface area contributed by atoms with Gasteiger partial charge >= 0.3 is 0 Å². The van der Waals surface area contributed by atoms with Gasteiger partial charge in [0.25, 0.3) is 0 Å². The van der Waals surface area contributed by atoms with Crippen molar-refractivity contribution < 1.29 is 0 Å². The smallest absolute Gasteiger partial charge is 0.172 e. The Morgan fingerprint density at radius 2 is 1.66 bits per heavy atom. The van der Waals surface area contributed by atoms with Crippen molar-refractivity contribution in [2.24, 2.45) is 0 Å². The van der Waals surface area contributed by atoms with Crippen LogP contribution in [0.1, 0.15) is 24.5 Å². The molecule has 29 heavy (non-hydrogen) atoms. The highest BCUT2D eigenvalue weighted by Gasteiger charge is 2.22. The van der Waals surface area contributed by atoms with E-state index in [-0.39, 0.29) is 0 Å². The van der Waals surface area contributed by atoms with Crippen LogP contribution in [0.3, 0.4) is 0 Å². The van der Waals surface area contributed by atoms with Crippen LogP contribution in [-0.4, -0.2) is 41.0 Å². The molecule has 7 heteroatoms. The summed E-state index contributed by atoms with van der Waals surface area (Å²) >= 11 is 12.7. The summed E-state index contributed by atoms with van der Waals surface area (Å²) in [6.45, 7) is 6.36. The number of halogens is 2. The SMILES string of the molecule is CCCc1cccc2nc(N)c(N3CCN(Cc4c(Cl)cccc4Cl)CC3)nc12. The number of rotatable bonds is 5. The van der Waals surface area contributed by atoms with E-state index in [4.69, 9.17) is 33.9 Å². The summed E-state index contributed by atoms with van der Waals surface area (Å²) in [4.78, 5) is 14.1. The average Bonchev–Trinajstić information content (AvgIpc) is 2.71. The van der Waals surface area contributed by atoms with E-state index in [9.17, 15) is 0 Å². The van der Waals surface area contributed by atoms with Crippen molar-refractivity contribution >= 4 is 45.9 Å². The summed E-state index contributed by atoms with van der Waals surface area (Å²) in [5.41, 5.74) is 10.3. The Bertz CT molecular complexity index is 995. The predicted octanol–water partition coefficient (Wildman–Crippen LogP) is 4.79. The van der Waals surface area contributed by atoms with Gasteiger partial charge in [-0.15, -0.1) is 0 Å². The van der Waals surface area contributed by atoms with Crippen molar-refractivity contribution in [3.8, 4) is 0 Å². The quantitative estimate of drug-likeness (QED) is 0.631. The molecule has 0 spiro atoms. The molecule has 1 fully saturated rings. The number of hydrogen-bond acceptors (Lipinski definition) is 5. The zero-order chi connectivity index (χ0) is 20.4. The lowest BCUT2D eigenvalue weighted by Crippen LogP contribution is -2.46. The van der Waals surface area contributed by atoms with E-state index in [1.807, 2.05) is 30.3 Å². The van der Waals surface area contributed by atoms with Crippen LogP contribution in [0.25, 0.3) is 11.0 Å². The Balaban J connectivity index is 1.51. The number of nitrogens with two attached hydrogens (primary N) is 1. The van der Waals surface area contributed by atoms with Crippen LogP contribution >= 0.6 is 23.2 Å². The molecule has 1 aliphatic rings. The molecule has 1 aliphatic heterocycles. The van der Waals surface area contributed by atoms with Crippen molar-refractivity contribution in [2.75, 3.05) is 36.8 Å². The third-order valence-corrected chi connectivity index (χ3v) is 6.13. The Hall–Kier alpha value is -2.08. The van der Waals surface area contributed by atoms with Gasteiger partial charge in [-0.05, 0) is 30.2 Å². The first-order valence-electron chi connectivity index (χ1n) is 10.0. The predicted molar refractivity (Wildman–Crippen MR) is 122 cm³/mol. The number of aryl methyl sites for hydroxylation is 1. The number of benzene rings is 2. The molecule has 0 aliphatic carbocycles. The Kier molecular flexibility index (Phi) is 6.09. The molecule has 0 bridgehead atoms. The van der Waals surface area contributed by atoms with Crippen molar-refractivity contribution in [2.45, 2.75) is 26.3 Å². The number of aromatic nitrogens is 2. The van der Waals surface area contributed by atoms with Crippen LogP contribution in [0, 0.1) is 0 Å². The van der Waals surface area contributed by atoms with Gasteiger partial charge in [0.1, 0.15) is 0 Å². The van der Waals surface area contributed by atoms with Gasteiger partial charge in [0.15, 0.2) is 11.6 Å². The van der Waals surface area contributed by atoms with Gasteiger partial charge in [0, 0.05) is 48.3 Å². The minimum Gasteiger partial charge on any atom is -0.381 e. The molecule has 0 amide bonds. The fraction of sp³-hybridized carbons (Fsp3) is 0.364. The molecule has 152 valence electrons. The second-order valence-electron chi connectivity index (χ2n) is 7.43. The highest BCUT2D eigenvalue weighted by Crippen LogP contribution is 2.28. The fourth-order valence-corrected chi connectivity index (χ4v) is 4.39. The van der Waals surface area contributed by atoms with Crippen molar-refractivity contribution in [1.29, 1.82) is 0 Å². The molecule has 0 atom stereocenters. The van der Waals surface area contributed by atoms with Crippen molar-refractivity contribution in [3.05, 3.63) is 57.6 Å². The second-order valence-corrected chi connectivity index (χ2v) is 8.25. The minimum atomic E-state index is 0.494. The first-order valence-corrected chi connectivity index (χ1v) is 10.8. The summed E-state index contributed by atoms with van der Waals surface area (Å²) in [5, 5.41) is 1.43. The zero-order valence-corrected chi connectivity index (χ0v) is 18.0. The first-order chi connectivity index (χ1) is 14.1. The van der Waals surface area contributed by atoms with Gasteiger partial charge in [0.05, 0.1) is 11.0 Å². The van der Waals surface area contributed by atoms with Crippen molar-refractivity contribution in [3.63, 3.8) is 0 Å². The monoisotopic (exact) mass is 429 g/mol. The number of hydrogen-bond donors (Lipinski definition) is 1. The molecular weight excluding hydrogens is 405 g/mol. The Morgan fingerprint density at radius 3 is 2.34 bits per heavy atom. The maximum absolute atomic E-state index is 6.33. The standard InChI is InChI=1S/C22H25Cl2N5/c1-2-5-15-6-3-9-19-20(15)27-22(21(25)26-19)29-12-10-28(11-13-29)14-16-17(23)7-4-8-18(16)24/h3-4,6-9H,2,5,10-14H2,1H3,(H2,25,26).